The van der Waals surface area contributed by atoms with Crippen molar-refractivity contribution < 1.29 is 0 Å². The molecular formula is C19H29N. The van der Waals surface area contributed by atoms with Gasteiger partial charge in [-0.05, 0) is 41.4 Å². The molecule has 1 atom stereocenters. The second-order valence-electron chi connectivity index (χ2n) is 7.79. The molecular weight excluding hydrogens is 242 g/mol. The molecule has 1 fully saturated rings. The molecule has 1 heteroatoms. The third kappa shape index (κ3) is 2.73. The predicted octanol–water partition coefficient (Wildman–Crippen LogP) is 5.46. The van der Waals surface area contributed by atoms with Gasteiger partial charge in [0.05, 0.1) is 0 Å². The van der Waals surface area contributed by atoms with Crippen LogP contribution in [0.15, 0.2) is 18.2 Å². The standard InChI is InChI=1S/C19H29N/c1-19(2,3)15-10-11-18-16(12-15)17(13-20-18)14-8-6-4-5-7-9-14/h10-12,14,17,20H,4-9,13H2,1-3H3. The Morgan fingerprint density at radius 1 is 1.00 bits per heavy atom. The Kier molecular flexibility index (Phi) is 3.79. The van der Waals surface area contributed by atoms with Crippen molar-refractivity contribution >= 4 is 5.69 Å². The number of rotatable bonds is 1. The average Bonchev–Trinajstić information content (AvgIpc) is 2.64. The largest absolute Gasteiger partial charge is 0.384 e. The zero-order valence-electron chi connectivity index (χ0n) is 13.3. The second kappa shape index (κ2) is 5.42. The lowest BCUT2D eigenvalue weighted by atomic mass is 9.79. The van der Waals surface area contributed by atoms with Crippen molar-refractivity contribution in [2.45, 2.75) is 70.6 Å². The average molecular weight is 271 g/mol. The minimum atomic E-state index is 0.256. The number of nitrogens with one attached hydrogen (secondary N) is 1. The van der Waals surface area contributed by atoms with Crippen LogP contribution in [0.25, 0.3) is 0 Å². The molecule has 1 saturated carbocycles. The molecule has 0 bridgehead atoms. The van der Waals surface area contributed by atoms with E-state index < -0.39 is 0 Å². The van der Waals surface area contributed by atoms with Crippen molar-refractivity contribution in [2.24, 2.45) is 5.92 Å². The van der Waals surface area contributed by atoms with E-state index in [2.05, 4.69) is 44.3 Å². The van der Waals surface area contributed by atoms with Crippen molar-refractivity contribution in [3.05, 3.63) is 29.3 Å². The first-order chi connectivity index (χ1) is 9.55. The maximum atomic E-state index is 3.65. The van der Waals surface area contributed by atoms with Crippen molar-refractivity contribution in [3.8, 4) is 0 Å². The lowest BCUT2D eigenvalue weighted by Crippen LogP contribution is -2.15. The summed E-state index contributed by atoms with van der Waals surface area (Å²) in [6, 6.07) is 7.11. The van der Waals surface area contributed by atoms with Gasteiger partial charge in [-0.2, -0.15) is 0 Å². The molecule has 3 rings (SSSR count). The van der Waals surface area contributed by atoms with E-state index in [0.717, 1.165) is 18.4 Å². The number of hydrogen-bond acceptors (Lipinski definition) is 1. The lowest BCUT2D eigenvalue weighted by Gasteiger charge is -2.24. The Morgan fingerprint density at radius 3 is 2.35 bits per heavy atom. The molecule has 20 heavy (non-hydrogen) atoms. The maximum absolute atomic E-state index is 3.65. The van der Waals surface area contributed by atoms with Crippen LogP contribution in [0.5, 0.6) is 0 Å². The van der Waals surface area contributed by atoms with Gasteiger partial charge in [0.2, 0.25) is 0 Å². The first-order valence-corrected chi connectivity index (χ1v) is 8.44. The molecule has 0 spiro atoms. The third-order valence-corrected chi connectivity index (χ3v) is 5.30. The van der Waals surface area contributed by atoms with Gasteiger partial charge in [-0.15, -0.1) is 0 Å². The Morgan fingerprint density at radius 2 is 1.70 bits per heavy atom. The molecule has 110 valence electrons. The Balaban J connectivity index is 1.87. The fraction of sp³-hybridized carbons (Fsp3) is 0.684. The van der Waals surface area contributed by atoms with Gasteiger partial charge in [0.1, 0.15) is 0 Å². The summed E-state index contributed by atoms with van der Waals surface area (Å²) in [5.41, 5.74) is 4.74. The quantitative estimate of drug-likeness (QED) is 0.668. The van der Waals surface area contributed by atoms with E-state index in [1.54, 1.807) is 5.56 Å². The highest BCUT2D eigenvalue weighted by atomic mass is 14.9. The highest BCUT2D eigenvalue weighted by molar-refractivity contribution is 5.59. The summed E-state index contributed by atoms with van der Waals surface area (Å²) < 4.78 is 0. The van der Waals surface area contributed by atoms with Gasteiger partial charge in [0.25, 0.3) is 0 Å². The predicted molar refractivity (Wildman–Crippen MR) is 87.6 cm³/mol. The molecule has 0 radical (unpaired) electrons. The summed E-state index contributed by atoms with van der Waals surface area (Å²) in [6.07, 6.45) is 8.65. The number of anilines is 1. The highest BCUT2D eigenvalue weighted by Gasteiger charge is 2.31. The molecule has 1 aliphatic heterocycles. The third-order valence-electron chi connectivity index (χ3n) is 5.30. The number of hydrogen-bond donors (Lipinski definition) is 1. The normalized spacial score (nSPS) is 24.1. The molecule has 1 aliphatic carbocycles. The topological polar surface area (TPSA) is 12.0 Å². The van der Waals surface area contributed by atoms with Crippen LogP contribution in [0, 0.1) is 5.92 Å². The Hall–Kier alpha value is -0.980. The number of fused-ring (bicyclic) bond motifs is 1. The summed E-state index contributed by atoms with van der Waals surface area (Å²) >= 11 is 0. The van der Waals surface area contributed by atoms with Crippen molar-refractivity contribution in [1.29, 1.82) is 0 Å². The summed E-state index contributed by atoms with van der Waals surface area (Å²) in [7, 11) is 0. The molecule has 1 nitrogen and oxygen atoms in total. The first kappa shape index (κ1) is 14.0. The Bertz CT molecular complexity index is 461. The van der Waals surface area contributed by atoms with Crippen molar-refractivity contribution in [1.82, 2.24) is 0 Å². The van der Waals surface area contributed by atoms with Crippen LogP contribution in [0.2, 0.25) is 0 Å². The smallest absolute Gasteiger partial charge is 0.0376 e. The van der Waals surface area contributed by atoms with Crippen LogP contribution in [0.4, 0.5) is 5.69 Å². The van der Waals surface area contributed by atoms with E-state index in [4.69, 9.17) is 0 Å². The van der Waals surface area contributed by atoms with E-state index in [0.29, 0.717) is 0 Å². The molecule has 0 amide bonds. The van der Waals surface area contributed by atoms with Gasteiger partial charge in [0, 0.05) is 18.2 Å². The molecule has 1 aromatic carbocycles. The van der Waals surface area contributed by atoms with Gasteiger partial charge in [-0.3, -0.25) is 0 Å². The van der Waals surface area contributed by atoms with Gasteiger partial charge >= 0.3 is 0 Å². The van der Waals surface area contributed by atoms with Crippen molar-refractivity contribution in [2.75, 3.05) is 11.9 Å². The van der Waals surface area contributed by atoms with Crippen LogP contribution in [-0.4, -0.2) is 6.54 Å². The van der Waals surface area contributed by atoms with Crippen LogP contribution >= 0.6 is 0 Å². The SMILES string of the molecule is CC(C)(C)c1ccc2c(c1)C(C1CCCCCC1)CN2. The first-order valence-electron chi connectivity index (χ1n) is 8.44. The van der Waals surface area contributed by atoms with Crippen molar-refractivity contribution in [3.63, 3.8) is 0 Å². The van der Waals surface area contributed by atoms with Crippen LogP contribution in [-0.2, 0) is 5.41 Å². The van der Waals surface area contributed by atoms with Gasteiger partial charge in [0.15, 0.2) is 0 Å². The molecule has 0 saturated heterocycles. The summed E-state index contributed by atoms with van der Waals surface area (Å²) in [5, 5.41) is 3.65. The van der Waals surface area contributed by atoms with Gasteiger partial charge in [-0.1, -0.05) is 58.6 Å². The molecule has 1 unspecified atom stereocenters. The second-order valence-corrected chi connectivity index (χ2v) is 7.79. The molecule has 1 heterocycles. The lowest BCUT2D eigenvalue weighted by molar-refractivity contribution is 0.393. The summed E-state index contributed by atoms with van der Waals surface area (Å²) in [5.74, 6) is 1.66. The van der Waals surface area contributed by atoms with Crippen LogP contribution in [0.3, 0.4) is 0 Å². The van der Waals surface area contributed by atoms with E-state index in [-0.39, 0.29) is 5.41 Å². The fourth-order valence-electron chi connectivity index (χ4n) is 3.96. The molecule has 1 N–H and O–H groups in total. The molecule has 2 aliphatic rings. The molecule has 1 aromatic rings. The highest BCUT2D eigenvalue weighted by Crippen LogP contribution is 2.43. The minimum Gasteiger partial charge on any atom is -0.384 e. The fourth-order valence-corrected chi connectivity index (χ4v) is 3.96. The zero-order valence-corrected chi connectivity index (χ0v) is 13.3. The van der Waals surface area contributed by atoms with Crippen LogP contribution in [0.1, 0.15) is 76.3 Å². The van der Waals surface area contributed by atoms with Crippen LogP contribution < -0.4 is 5.32 Å². The van der Waals surface area contributed by atoms with E-state index in [1.165, 1.54) is 49.8 Å². The van der Waals surface area contributed by atoms with Gasteiger partial charge < -0.3 is 5.32 Å². The van der Waals surface area contributed by atoms with E-state index in [9.17, 15) is 0 Å². The van der Waals surface area contributed by atoms with Gasteiger partial charge in [-0.25, -0.2) is 0 Å². The summed E-state index contributed by atoms with van der Waals surface area (Å²) in [4.78, 5) is 0. The van der Waals surface area contributed by atoms with E-state index in [1.807, 2.05) is 0 Å². The zero-order chi connectivity index (χ0) is 14.2. The molecule has 0 aromatic heterocycles. The number of benzene rings is 1. The van der Waals surface area contributed by atoms with E-state index >= 15 is 0 Å². The Labute approximate surface area is 124 Å². The maximum Gasteiger partial charge on any atom is 0.0376 e. The minimum absolute atomic E-state index is 0.256. The monoisotopic (exact) mass is 271 g/mol. The summed E-state index contributed by atoms with van der Waals surface area (Å²) in [6.45, 7) is 8.11.